The Morgan fingerprint density at radius 2 is 2.06 bits per heavy atom. The van der Waals surface area contributed by atoms with Crippen molar-refractivity contribution in [3.8, 4) is 0 Å². The van der Waals surface area contributed by atoms with E-state index in [1.165, 1.54) is 0 Å². The number of nitrogens with two attached hydrogens (primary N) is 1. The normalized spacial score (nSPS) is 16.6. The second-order valence-corrected chi connectivity index (χ2v) is 9.16. The third kappa shape index (κ3) is 6.37. The molecule has 1 fully saturated rings. The zero-order chi connectivity index (χ0) is 23.8. The smallest absolute Gasteiger partial charge is 0.305 e. The molecule has 1 unspecified atom stereocenters. The Morgan fingerprint density at radius 3 is 2.85 bits per heavy atom. The molecule has 1 atom stereocenters. The molecule has 3 aromatic heterocycles. The van der Waals surface area contributed by atoms with Crippen molar-refractivity contribution in [1.29, 1.82) is 0 Å². The van der Waals surface area contributed by atoms with Gasteiger partial charge in [0.1, 0.15) is 17.4 Å². The first kappa shape index (κ1) is 24.2. The van der Waals surface area contributed by atoms with Crippen LogP contribution in [0, 0.1) is 0 Å². The van der Waals surface area contributed by atoms with E-state index in [0.717, 1.165) is 59.6 Å². The molecule has 0 aromatic carbocycles. The van der Waals surface area contributed by atoms with Gasteiger partial charge in [0.05, 0.1) is 23.4 Å². The highest BCUT2D eigenvalue weighted by atomic mass is 32.1. The summed E-state index contributed by atoms with van der Waals surface area (Å²) in [7, 11) is 0. The summed E-state index contributed by atoms with van der Waals surface area (Å²) in [5.41, 5.74) is 7.52. The average Bonchev–Trinajstić information content (AvgIpc) is 3.28. The van der Waals surface area contributed by atoms with Gasteiger partial charge in [-0.3, -0.25) is 9.80 Å². The quantitative estimate of drug-likeness (QED) is 0.320. The summed E-state index contributed by atoms with van der Waals surface area (Å²) in [6.07, 6.45) is 11.2. The molecule has 1 aliphatic rings. The summed E-state index contributed by atoms with van der Waals surface area (Å²) < 4.78 is 12.1. The van der Waals surface area contributed by atoms with Crippen LogP contribution in [0.25, 0.3) is 10.2 Å². The van der Waals surface area contributed by atoms with Crippen LogP contribution in [0.2, 0.25) is 0 Å². The Balaban J connectivity index is 1.42. The second-order valence-electron chi connectivity index (χ2n) is 8.10. The van der Waals surface area contributed by atoms with Crippen LogP contribution in [-0.2, 0) is 14.3 Å². The first-order valence-corrected chi connectivity index (χ1v) is 12.5. The fraction of sp³-hybridized carbons (Fsp3) is 0.522. The van der Waals surface area contributed by atoms with Crippen molar-refractivity contribution >= 4 is 38.5 Å². The maximum absolute atomic E-state index is 11.6. The number of morpholine rings is 1. The Bertz CT molecular complexity index is 1030. The van der Waals surface area contributed by atoms with E-state index in [9.17, 15) is 4.79 Å². The van der Waals surface area contributed by atoms with Gasteiger partial charge in [0, 0.05) is 56.3 Å². The Hall–Kier alpha value is -2.89. The molecule has 0 amide bonds. The lowest BCUT2D eigenvalue weighted by atomic mass is 10.1. The lowest BCUT2D eigenvalue weighted by Crippen LogP contribution is -2.50. The second kappa shape index (κ2) is 12.0. The van der Waals surface area contributed by atoms with E-state index in [1.54, 1.807) is 30.1 Å². The topological polar surface area (TPSA) is 120 Å². The van der Waals surface area contributed by atoms with Gasteiger partial charge in [0.2, 0.25) is 5.95 Å². The van der Waals surface area contributed by atoms with Crippen LogP contribution in [0.5, 0.6) is 0 Å². The summed E-state index contributed by atoms with van der Waals surface area (Å²) >= 11 is 1.69. The van der Waals surface area contributed by atoms with Gasteiger partial charge in [-0.05, 0) is 19.8 Å². The number of hydrogen-bond acceptors (Lipinski definition) is 11. The third-order valence-electron chi connectivity index (χ3n) is 5.69. The average molecular weight is 486 g/mol. The monoisotopic (exact) mass is 485 g/mol. The van der Waals surface area contributed by atoms with Gasteiger partial charge < -0.3 is 15.2 Å². The van der Waals surface area contributed by atoms with Crippen LogP contribution in [0.15, 0.2) is 31.0 Å². The van der Waals surface area contributed by atoms with Crippen LogP contribution in [-0.4, -0.2) is 63.8 Å². The highest BCUT2D eigenvalue weighted by Crippen LogP contribution is 2.34. The summed E-state index contributed by atoms with van der Waals surface area (Å²) in [4.78, 5) is 28.4. The Kier molecular flexibility index (Phi) is 8.56. The number of carbonyl (C=O) groups is 1. The molecule has 0 radical (unpaired) electrons. The van der Waals surface area contributed by atoms with E-state index in [-0.39, 0.29) is 18.0 Å². The maximum atomic E-state index is 11.6. The summed E-state index contributed by atoms with van der Waals surface area (Å²) in [6, 6.07) is 2.12. The number of esters is 1. The van der Waals surface area contributed by atoms with E-state index < -0.39 is 0 Å². The molecule has 1 saturated heterocycles. The molecular formula is C23H31N7O3S. The van der Waals surface area contributed by atoms with Crippen molar-refractivity contribution in [3.05, 3.63) is 36.5 Å². The number of anilines is 2. The molecule has 3 aromatic rings. The molecule has 10 nitrogen and oxygen atoms in total. The van der Waals surface area contributed by atoms with E-state index in [0.29, 0.717) is 26.2 Å². The number of hydrazine groups is 1. The molecular weight excluding hydrogens is 454 g/mol. The highest BCUT2D eigenvalue weighted by molar-refractivity contribution is 7.22. The van der Waals surface area contributed by atoms with Crippen molar-refractivity contribution in [2.24, 2.45) is 0 Å². The van der Waals surface area contributed by atoms with Gasteiger partial charge in [-0.25, -0.2) is 24.9 Å². The van der Waals surface area contributed by atoms with Crippen molar-refractivity contribution < 1.29 is 14.3 Å². The fourth-order valence-corrected chi connectivity index (χ4v) is 5.02. The minimum atomic E-state index is -0.129. The van der Waals surface area contributed by atoms with Gasteiger partial charge >= 0.3 is 5.97 Å². The van der Waals surface area contributed by atoms with E-state index in [2.05, 4.69) is 36.0 Å². The highest BCUT2D eigenvalue weighted by Gasteiger charge is 2.28. The molecule has 182 valence electrons. The molecule has 4 heterocycles. The Morgan fingerprint density at radius 1 is 1.24 bits per heavy atom. The van der Waals surface area contributed by atoms with Crippen LogP contribution in [0.3, 0.4) is 0 Å². The first-order chi connectivity index (χ1) is 16.6. The SMILES string of the molecule is CCOC(=O)CCCCCCN(c1cc2ncncc2s1)N1CCOC(c2cnc(N)nc2)C1. The van der Waals surface area contributed by atoms with Crippen LogP contribution in [0.4, 0.5) is 10.9 Å². The standard InChI is InChI=1S/C23H31N7O3S/c1-2-32-22(31)7-5-3-4-6-8-30(21-11-18-20(34-21)14-25-16-28-18)29-9-10-33-19(15-29)17-12-26-23(24)27-13-17/h11-14,16,19H,2-10,15H2,1H3,(H2,24,26,27). The molecule has 0 bridgehead atoms. The lowest BCUT2D eigenvalue weighted by Gasteiger charge is -2.41. The number of carbonyl (C=O) groups excluding carboxylic acids is 1. The minimum absolute atomic E-state index is 0.110. The third-order valence-corrected chi connectivity index (χ3v) is 6.77. The van der Waals surface area contributed by atoms with E-state index in [1.807, 2.05) is 13.1 Å². The number of hydrogen-bond donors (Lipinski definition) is 1. The predicted molar refractivity (Wildman–Crippen MR) is 131 cm³/mol. The van der Waals surface area contributed by atoms with Crippen molar-refractivity contribution in [1.82, 2.24) is 24.9 Å². The molecule has 0 spiro atoms. The van der Waals surface area contributed by atoms with Crippen LogP contribution >= 0.6 is 11.3 Å². The summed E-state index contributed by atoms with van der Waals surface area (Å²) in [5.74, 6) is 0.147. The Labute approximate surface area is 203 Å². The minimum Gasteiger partial charge on any atom is -0.466 e. The van der Waals surface area contributed by atoms with Crippen molar-refractivity contribution in [2.75, 3.05) is 43.6 Å². The van der Waals surface area contributed by atoms with Crippen LogP contribution < -0.4 is 10.7 Å². The number of fused-ring (bicyclic) bond motifs is 1. The predicted octanol–water partition coefficient (Wildman–Crippen LogP) is 3.37. The number of rotatable bonds is 11. The zero-order valence-electron chi connectivity index (χ0n) is 19.4. The first-order valence-electron chi connectivity index (χ1n) is 11.7. The molecule has 4 rings (SSSR count). The number of aromatic nitrogens is 4. The number of ether oxygens (including phenoxy) is 2. The maximum Gasteiger partial charge on any atom is 0.305 e. The van der Waals surface area contributed by atoms with Gasteiger partial charge in [-0.2, -0.15) is 0 Å². The van der Waals surface area contributed by atoms with Gasteiger partial charge in [0.25, 0.3) is 0 Å². The lowest BCUT2D eigenvalue weighted by molar-refractivity contribution is -0.143. The van der Waals surface area contributed by atoms with E-state index in [4.69, 9.17) is 15.2 Å². The molecule has 11 heteroatoms. The molecule has 0 aliphatic carbocycles. The largest absolute Gasteiger partial charge is 0.466 e. The number of nitrogen functional groups attached to an aromatic ring is 1. The number of unbranched alkanes of at least 4 members (excludes halogenated alkanes) is 3. The van der Waals surface area contributed by atoms with Crippen molar-refractivity contribution in [3.63, 3.8) is 0 Å². The summed E-state index contributed by atoms with van der Waals surface area (Å²) in [6.45, 7) is 5.23. The molecule has 34 heavy (non-hydrogen) atoms. The van der Waals surface area contributed by atoms with Crippen molar-refractivity contribution in [2.45, 2.75) is 45.1 Å². The van der Waals surface area contributed by atoms with E-state index >= 15 is 0 Å². The van der Waals surface area contributed by atoms with Crippen LogP contribution in [0.1, 0.15) is 50.7 Å². The van der Waals surface area contributed by atoms with Gasteiger partial charge in [-0.1, -0.05) is 12.8 Å². The van der Waals surface area contributed by atoms with Gasteiger partial charge in [-0.15, -0.1) is 11.3 Å². The molecule has 2 N–H and O–H groups in total. The molecule has 0 saturated carbocycles. The fourth-order valence-electron chi connectivity index (χ4n) is 3.98. The zero-order valence-corrected chi connectivity index (χ0v) is 20.2. The number of nitrogens with zero attached hydrogens (tertiary/aromatic N) is 6. The molecule has 1 aliphatic heterocycles. The summed E-state index contributed by atoms with van der Waals surface area (Å²) in [5, 5.41) is 5.81. The van der Waals surface area contributed by atoms with Gasteiger partial charge in [0.15, 0.2) is 0 Å². The number of thiophene rings is 1.